The van der Waals surface area contributed by atoms with Crippen LogP contribution >= 0.6 is 7.87 Å². The second kappa shape index (κ2) is 10.7. The molecule has 4 nitrogen and oxygen atoms in total. The zero-order valence-electron chi connectivity index (χ0n) is 17.3. The lowest BCUT2D eigenvalue weighted by Gasteiger charge is -2.30. The number of halogens is 1. The van der Waals surface area contributed by atoms with E-state index in [9.17, 15) is 0 Å². The summed E-state index contributed by atoms with van der Waals surface area (Å²) in [5.74, 6) is 0. The molecule has 4 N–H and O–H groups in total. The van der Waals surface area contributed by atoms with Crippen molar-refractivity contribution in [3.05, 3.63) is 121 Å². The molecule has 0 aliphatic rings. The van der Waals surface area contributed by atoms with Gasteiger partial charge in [0.2, 0.25) is 0 Å². The molecule has 4 aromatic rings. The Morgan fingerprint density at radius 1 is 0.452 bits per heavy atom. The van der Waals surface area contributed by atoms with Crippen molar-refractivity contribution < 1.29 is 12.4 Å². The summed E-state index contributed by atoms with van der Waals surface area (Å²) in [6, 6.07) is 39.1. The van der Waals surface area contributed by atoms with Crippen LogP contribution in [0.3, 0.4) is 0 Å². The third kappa shape index (κ3) is 6.14. The highest BCUT2D eigenvalue weighted by Gasteiger charge is 2.41. The predicted octanol–water partition coefficient (Wildman–Crippen LogP) is 4.42. The molecule has 31 heavy (non-hydrogen) atoms. The quantitative estimate of drug-likeness (QED) is 0.301. The molecule has 0 heterocycles. The second-order valence-electron chi connectivity index (χ2n) is 7.03. The number of benzene rings is 4. The van der Waals surface area contributed by atoms with Gasteiger partial charge in [-0.3, -0.25) is 0 Å². The number of nitrogens with one attached hydrogen (secondary N) is 4. The molecule has 0 aromatic heterocycles. The van der Waals surface area contributed by atoms with E-state index < -0.39 is 7.87 Å². The minimum absolute atomic E-state index is 0. The topological polar surface area (TPSA) is 48.1 Å². The highest BCUT2D eigenvalue weighted by Crippen LogP contribution is 2.56. The fourth-order valence-electron chi connectivity index (χ4n) is 3.17. The van der Waals surface area contributed by atoms with Gasteiger partial charge in [-0.05, 0) is 55.0 Å². The van der Waals surface area contributed by atoms with Crippen LogP contribution in [0.1, 0.15) is 5.56 Å². The fraction of sp³-hybridized carbons (Fsp3) is 0.0400. The van der Waals surface area contributed by atoms with E-state index >= 15 is 0 Å². The average Bonchev–Trinajstić information content (AvgIpc) is 2.77. The zero-order valence-corrected chi connectivity index (χ0v) is 18.9. The molecule has 4 rings (SSSR count). The Balaban J connectivity index is 0.00000272. The maximum atomic E-state index is 3.78. The summed E-state index contributed by atoms with van der Waals surface area (Å²) in [5.41, 5.74) is 5.33. The van der Waals surface area contributed by atoms with Gasteiger partial charge in [-0.2, -0.15) is 0 Å². The van der Waals surface area contributed by atoms with E-state index in [1.165, 1.54) is 5.56 Å². The molecular formula is C25H26ClN4P. The van der Waals surface area contributed by atoms with Crippen molar-refractivity contribution in [1.82, 2.24) is 0 Å². The third-order valence-electron chi connectivity index (χ3n) is 4.65. The molecule has 0 saturated heterocycles. The van der Waals surface area contributed by atoms with E-state index in [4.69, 9.17) is 0 Å². The van der Waals surface area contributed by atoms with Crippen LogP contribution in [0.4, 0.5) is 22.7 Å². The predicted molar refractivity (Wildman–Crippen MR) is 132 cm³/mol. The van der Waals surface area contributed by atoms with Gasteiger partial charge >= 0.3 is 7.87 Å². The highest BCUT2D eigenvalue weighted by molar-refractivity contribution is 7.81. The fourth-order valence-corrected chi connectivity index (χ4v) is 5.72. The summed E-state index contributed by atoms with van der Waals surface area (Å²) >= 11 is 0. The molecule has 0 unspecified atom stereocenters. The van der Waals surface area contributed by atoms with Crippen molar-refractivity contribution in [3.8, 4) is 0 Å². The van der Waals surface area contributed by atoms with E-state index in [1.807, 2.05) is 54.6 Å². The standard InChI is InChI=1S/C25H26N4P.ClH/c1-21-13-11-12-20-25(21)29-30(26-22-14-5-2-6-15-22,27-23-16-7-3-8-17-23)28-24-18-9-4-10-19-24;/h2-20,26-29H,1H3;1H/q+1;/p-1. The van der Waals surface area contributed by atoms with Crippen LogP contribution in [0, 0.1) is 6.92 Å². The normalized spacial score (nSPS) is 10.5. The van der Waals surface area contributed by atoms with Gasteiger partial charge in [0.1, 0.15) is 0 Å². The SMILES string of the molecule is Cc1ccccc1N[P+](Nc1ccccc1)(Nc1ccccc1)Nc1ccccc1.[Cl-]. The van der Waals surface area contributed by atoms with E-state index in [0.29, 0.717) is 0 Å². The molecule has 0 radical (unpaired) electrons. The van der Waals surface area contributed by atoms with E-state index in [1.54, 1.807) is 0 Å². The number of para-hydroxylation sites is 4. The molecule has 0 bridgehead atoms. The molecule has 0 spiro atoms. The number of hydrogen-bond donors (Lipinski definition) is 4. The first-order valence-electron chi connectivity index (χ1n) is 9.95. The largest absolute Gasteiger partial charge is 1.00 e. The van der Waals surface area contributed by atoms with Crippen LogP contribution in [0.5, 0.6) is 0 Å². The van der Waals surface area contributed by atoms with Gasteiger partial charge in [0.15, 0.2) is 0 Å². The van der Waals surface area contributed by atoms with Crippen LogP contribution in [-0.4, -0.2) is 0 Å². The number of anilines is 4. The summed E-state index contributed by atoms with van der Waals surface area (Å²) in [4.78, 5) is 0. The zero-order chi connectivity index (χ0) is 20.7. The lowest BCUT2D eigenvalue weighted by molar-refractivity contribution is -0.00000601. The molecule has 6 heteroatoms. The van der Waals surface area contributed by atoms with Crippen molar-refractivity contribution in [3.63, 3.8) is 0 Å². The summed E-state index contributed by atoms with van der Waals surface area (Å²) in [6.07, 6.45) is 0. The lowest BCUT2D eigenvalue weighted by atomic mass is 10.2. The first-order chi connectivity index (χ1) is 14.7. The van der Waals surface area contributed by atoms with Crippen LogP contribution in [0.2, 0.25) is 0 Å². The smallest absolute Gasteiger partial charge is 0.395 e. The first kappa shape index (κ1) is 22.5. The van der Waals surface area contributed by atoms with Gasteiger partial charge in [0, 0.05) is 0 Å². The van der Waals surface area contributed by atoms with Gasteiger partial charge in [0.25, 0.3) is 0 Å². The molecule has 0 amide bonds. The number of aryl methyl sites for hydroxylation is 1. The lowest BCUT2D eigenvalue weighted by Crippen LogP contribution is -3.00. The monoisotopic (exact) mass is 448 g/mol. The molecule has 0 aliphatic heterocycles. The van der Waals surface area contributed by atoms with Gasteiger partial charge in [0.05, 0.1) is 22.7 Å². The van der Waals surface area contributed by atoms with Crippen molar-refractivity contribution in [1.29, 1.82) is 0 Å². The van der Waals surface area contributed by atoms with Crippen LogP contribution in [0.25, 0.3) is 0 Å². The Kier molecular flexibility index (Phi) is 7.77. The highest BCUT2D eigenvalue weighted by atomic mass is 35.5. The van der Waals surface area contributed by atoms with Gasteiger partial charge < -0.3 is 12.4 Å². The Morgan fingerprint density at radius 3 is 1.19 bits per heavy atom. The van der Waals surface area contributed by atoms with Crippen LogP contribution in [-0.2, 0) is 0 Å². The van der Waals surface area contributed by atoms with Crippen molar-refractivity contribution in [2.24, 2.45) is 0 Å². The van der Waals surface area contributed by atoms with E-state index in [0.717, 1.165) is 22.7 Å². The van der Waals surface area contributed by atoms with Crippen molar-refractivity contribution in [2.75, 3.05) is 20.3 Å². The summed E-state index contributed by atoms with van der Waals surface area (Å²) in [5, 5.41) is 15.0. The molecular weight excluding hydrogens is 423 g/mol. The maximum absolute atomic E-state index is 3.78. The number of rotatable bonds is 8. The van der Waals surface area contributed by atoms with Crippen molar-refractivity contribution >= 4 is 30.6 Å². The van der Waals surface area contributed by atoms with E-state index in [2.05, 4.69) is 87.9 Å². The molecule has 0 aliphatic carbocycles. The van der Waals surface area contributed by atoms with Gasteiger partial charge in [-0.1, -0.05) is 72.8 Å². The van der Waals surface area contributed by atoms with Gasteiger partial charge in [-0.15, -0.1) is 0 Å². The van der Waals surface area contributed by atoms with Crippen LogP contribution < -0.4 is 32.8 Å². The molecule has 0 atom stereocenters. The minimum atomic E-state index is -2.41. The Bertz CT molecular complexity index is 961. The Labute approximate surface area is 191 Å². The van der Waals surface area contributed by atoms with Gasteiger partial charge in [-0.25, -0.2) is 20.3 Å². The Hall–Kier alpha value is -3.20. The van der Waals surface area contributed by atoms with E-state index in [-0.39, 0.29) is 12.4 Å². The van der Waals surface area contributed by atoms with Crippen molar-refractivity contribution in [2.45, 2.75) is 6.92 Å². The molecule has 0 saturated carbocycles. The second-order valence-corrected chi connectivity index (χ2v) is 9.27. The van der Waals surface area contributed by atoms with Crippen LogP contribution in [0.15, 0.2) is 115 Å². The number of hydrogen-bond acceptors (Lipinski definition) is 4. The Morgan fingerprint density at radius 2 is 0.806 bits per heavy atom. The average molecular weight is 449 g/mol. The summed E-state index contributed by atoms with van der Waals surface area (Å²) in [6.45, 7) is 2.12. The third-order valence-corrected chi connectivity index (χ3v) is 7.00. The minimum Gasteiger partial charge on any atom is -1.00 e. The molecule has 4 aromatic carbocycles. The summed E-state index contributed by atoms with van der Waals surface area (Å²) in [7, 11) is -2.41. The maximum Gasteiger partial charge on any atom is 0.395 e. The molecule has 158 valence electrons. The first-order valence-corrected chi connectivity index (χ1v) is 11.7. The molecule has 0 fully saturated rings. The summed E-state index contributed by atoms with van der Waals surface area (Å²) < 4.78 is 0.